The molecule has 1 rings (SSSR count). The summed E-state index contributed by atoms with van der Waals surface area (Å²) in [5, 5.41) is 17.3. The molecule has 0 aliphatic heterocycles. The fourth-order valence-corrected chi connectivity index (χ4v) is 1.95. The van der Waals surface area contributed by atoms with Gasteiger partial charge in [-0.1, -0.05) is 32.5 Å². The zero-order chi connectivity index (χ0) is 12.3. The van der Waals surface area contributed by atoms with E-state index in [1.54, 1.807) is 0 Å². The number of carboxylic acid groups (broad SMARTS) is 1. The molecule has 0 bridgehead atoms. The summed E-state index contributed by atoms with van der Waals surface area (Å²) in [6.07, 6.45) is 0. The Kier molecular flexibility index (Phi) is 3.96. The van der Waals surface area contributed by atoms with Gasteiger partial charge in [-0.05, 0) is 12.3 Å². The van der Waals surface area contributed by atoms with E-state index in [1.807, 2.05) is 11.5 Å². The molecule has 5 nitrogen and oxygen atoms in total. The molecule has 0 radical (unpaired) electrons. The van der Waals surface area contributed by atoms with Crippen LogP contribution in [-0.2, 0) is 11.3 Å². The zero-order valence-corrected chi connectivity index (χ0v) is 10.8. The van der Waals surface area contributed by atoms with E-state index in [0.717, 1.165) is 12.4 Å². The van der Waals surface area contributed by atoms with E-state index in [4.69, 9.17) is 5.11 Å². The molecule has 16 heavy (non-hydrogen) atoms. The predicted octanol–water partition coefficient (Wildman–Crippen LogP) is 1.81. The molecular formula is C10H17N3O2S. The van der Waals surface area contributed by atoms with Gasteiger partial charge in [0.25, 0.3) is 0 Å². The molecule has 1 aromatic heterocycles. The van der Waals surface area contributed by atoms with Gasteiger partial charge in [0.15, 0.2) is 5.16 Å². The van der Waals surface area contributed by atoms with Gasteiger partial charge in [0.1, 0.15) is 5.82 Å². The Bertz CT molecular complexity index is 382. The first kappa shape index (κ1) is 13.0. The average Bonchev–Trinajstić information content (AvgIpc) is 2.43. The Morgan fingerprint density at radius 3 is 2.56 bits per heavy atom. The molecule has 0 fully saturated rings. The summed E-state index contributed by atoms with van der Waals surface area (Å²) in [7, 11) is 0. The van der Waals surface area contributed by atoms with Crippen LogP contribution in [0.1, 0.15) is 26.6 Å². The van der Waals surface area contributed by atoms with Crippen LogP contribution < -0.4 is 0 Å². The van der Waals surface area contributed by atoms with Crippen LogP contribution in [0.2, 0.25) is 0 Å². The Morgan fingerprint density at radius 1 is 1.44 bits per heavy atom. The first-order chi connectivity index (χ1) is 7.29. The van der Waals surface area contributed by atoms with Gasteiger partial charge in [0.2, 0.25) is 0 Å². The minimum Gasteiger partial charge on any atom is -0.481 e. The molecule has 0 aliphatic carbocycles. The third-order valence-electron chi connectivity index (χ3n) is 1.86. The Labute approximate surface area is 99.3 Å². The van der Waals surface area contributed by atoms with Crippen LogP contribution in [0, 0.1) is 12.3 Å². The maximum absolute atomic E-state index is 10.5. The molecule has 1 heterocycles. The van der Waals surface area contributed by atoms with Gasteiger partial charge in [0, 0.05) is 6.54 Å². The monoisotopic (exact) mass is 243 g/mol. The number of hydrogen-bond donors (Lipinski definition) is 1. The summed E-state index contributed by atoms with van der Waals surface area (Å²) in [6, 6.07) is 0. The fourth-order valence-electron chi connectivity index (χ4n) is 1.25. The standard InChI is InChI=1S/C10H17N3O2S/c1-7-11-12-9(16-5-8(14)15)13(7)6-10(2,3)4/h5-6H2,1-4H3,(H,14,15). The van der Waals surface area contributed by atoms with Crippen LogP contribution in [0.4, 0.5) is 0 Å². The van der Waals surface area contributed by atoms with Crippen molar-refractivity contribution >= 4 is 17.7 Å². The Morgan fingerprint density at radius 2 is 2.06 bits per heavy atom. The predicted molar refractivity (Wildman–Crippen MR) is 62.6 cm³/mol. The second-order valence-electron chi connectivity index (χ2n) is 4.86. The molecule has 0 aliphatic rings. The molecule has 6 heteroatoms. The van der Waals surface area contributed by atoms with Gasteiger partial charge in [-0.3, -0.25) is 4.79 Å². The van der Waals surface area contributed by atoms with Gasteiger partial charge in [-0.25, -0.2) is 0 Å². The lowest BCUT2D eigenvalue weighted by Crippen LogP contribution is -2.17. The van der Waals surface area contributed by atoms with Gasteiger partial charge in [-0.2, -0.15) is 0 Å². The van der Waals surface area contributed by atoms with E-state index in [-0.39, 0.29) is 11.2 Å². The van der Waals surface area contributed by atoms with Crippen molar-refractivity contribution in [3.63, 3.8) is 0 Å². The number of aliphatic carboxylic acids is 1. The fraction of sp³-hybridized carbons (Fsp3) is 0.700. The number of rotatable bonds is 4. The maximum Gasteiger partial charge on any atom is 0.313 e. The van der Waals surface area contributed by atoms with Gasteiger partial charge < -0.3 is 9.67 Å². The van der Waals surface area contributed by atoms with Crippen molar-refractivity contribution in [2.75, 3.05) is 5.75 Å². The first-order valence-corrected chi connectivity index (χ1v) is 6.02. The van der Waals surface area contributed by atoms with Gasteiger partial charge >= 0.3 is 5.97 Å². The minimum atomic E-state index is -0.840. The normalized spacial score (nSPS) is 11.8. The summed E-state index contributed by atoms with van der Waals surface area (Å²) in [5.41, 5.74) is 0.117. The average molecular weight is 243 g/mol. The van der Waals surface area contributed by atoms with E-state index in [1.165, 1.54) is 11.8 Å². The van der Waals surface area contributed by atoms with Crippen molar-refractivity contribution in [3.8, 4) is 0 Å². The molecule has 0 amide bonds. The summed E-state index contributed by atoms with van der Waals surface area (Å²) in [6.45, 7) is 9.03. The van der Waals surface area contributed by atoms with Crippen molar-refractivity contribution in [1.82, 2.24) is 14.8 Å². The van der Waals surface area contributed by atoms with Crippen molar-refractivity contribution in [3.05, 3.63) is 5.82 Å². The molecule has 0 unspecified atom stereocenters. The molecule has 0 saturated heterocycles. The number of carboxylic acids is 1. The molecular weight excluding hydrogens is 226 g/mol. The molecule has 1 aromatic rings. The summed E-state index contributed by atoms with van der Waals surface area (Å²) in [4.78, 5) is 10.5. The van der Waals surface area contributed by atoms with Crippen LogP contribution in [0.15, 0.2) is 5.16 Å². The van der Waals surface area contributed by atoms with Crippen molar-refractivity contribution in [2.45, 2.75) is 39.4 Å². The third-order valence-corrected chi connectivity index (χ3v) is 2.81. The highest BCUT2D eigenvalue weighted by molar-refractivity contribution is 7.99. The topological polar surface area (TPSA) is 68.0 Å². The number of hydrogen-bond acceptors (Lipinski definition) is 4. The molecule has 1 N–H and O–H groups in total. The van der Waals surface area contributed by atoms with Crippen LogP contribution in [0.3, 0.4) is 0 Å². The van der Waals surface area contributed by atoms with Crippen molar-refractivity contribution in [2.24, 2.45) is 5.41 Å². The second-order valence-corrected chi connectivity index (χ2v) is 5.80. The lowest BCUT2D eigenvalue weighted by Gasteiger charge is -2.20. The highest BCUT2D eigenvalue weighted by atomic mass is 32.2. The smallest absolute Gasteiger partial charge is 0.313 e. The minimum absolute atomic E-state index is 0.0161. The SMILES string of the molecule is Cc1nnc(SCC(=O)O)n1CC(C)(C)C. The molecule has 0 atom stereocenters. The van der Waals surface area contributed by atoms with E-state index in [2.05, 4.69) is 31.0 Å². The van der Waals surface area contributed by atoms with E-state index in [9.17, 15) is 4.79 Å². The maximum atomic E-state index is 10.5. The molecule has 90 valence electrons. The van der Waals surface area contributed by atoms with Crippen molar-refractivity contribution in [1.29, 1.82) is 0 Å². The Hall–Kier alpha value is -1.04. The van der Waals surface area contributed by atoms with Crippen LogP contribution >= 0.6 is 11.8 Å². The third kappa shape index (κ3) is 3.84. The first-order valence-electron chi connectivity index (χ1n) is 5.04. The highest BCUT2D eigenvalue weighted by Gasteiger charge is 2.17. The largest absolute Gasteiger partial charge is 0.481 e. The summed E-state index contributed by atoms with van der Waals surface area (Å²) < 4.78 is 1.97. The number of aryl methyl sites for hydroxylation is 1. The van der Waals surface area contributed by atoms with Crippen LogP contribution in [-0.4, -0.2) is 31.6 Å². The molecule has 0 spiro atoms. The number of nitrogens with zero attached hydrogens (tertiary/aromatic N) is 3. The van der Waals surface area contributed by atoms with Gasteiger partial charge in [-0.15, -0.1) is 10.2 Å². The van der Waals surface area contributed by atoms with E-state index < -0.39 is 5.97 Å². The lowest BCUT2D eigenvalue weighted by molar-refractivity contribution is -0.133. The number of aromatic nitrogens is 3. The van der Waals surface area contributed by atoms with Crippen molar-refractivity contribution < 1.29 is 9.90 Å². The van der Waals surface area contributed by atoms with Crippen LogP contribution in [0.5, 0.6) is 0 Å². The second kappa shape index (κ2) is 4.86. The quantitative estimate of drug-likeness (QED) is 0.817. The highest BCUT2D eigenvalue weighted by Crippen LogP contribution is 2.23. The zero-order valence-electron chi connectivity index (χ0n) is 10.0. The molecule has 0 saturated carbocycles. The lowest BCUT2D eigenvalue weighted by atomic mass is 9.97. The van der Waals surface area contributed by atoms with E-state index in [0.29, 0.717) is 5.16 Å². The number of thioether (sulfide) groups is 1. The van der Waals surface area contributed by atoms with Crippen LogP contribution in [0.25, 0.3) is 0 Å². The Balaban J connectivity index is 2.81. The summed E-state index contributed by atoms with van der Waals surface area (Å²) in [5.74, 6) is -0.00165. The molecule has 0 aromatic carbocycles. The summed E-state index contributed by atoms with van der Waals surface area (Å²) >= 11 is 1.21. The van der Waals surface area contributed by atoms with Gasteiger partial charge in [0.05, 0.1) is 5.75 Å². The van der Waals surface area contributed by atoms with E-state index >= 15 is 0 Å². The number of carbonyl (C=O) groups is 1.